The van der Waals surface area contributed by atoms with Crippen molar-refractivity contribution in [1.29, 1.82) is 0 Å². The number of rotatable bonds is 1. The van der Waals surface area contributed by atoms with Gasteiger partial charge in [-0.05, 0) is 24.3 Å². The first kappa shape index (κ1) is 8.51. The predicted octanol–water partition coefficient (Wildman–Crippen LogP) is 2.57. The molecular formula is C10H16O. The summed E-state index contributed by atoms with van der Waals surface area (Å²) >= 11 is 0. The average molecular weight is 152 g/mol. The molecule has 0 saturated heterocycles. The van der Waals surface area contributed by atoms with Crippen LogP contribution >= 0.6 is 0 Å². The zero-order chi connectivity index (χ0) is 8.43. The van der Waals surface area contributed by atoms with Crippen LogP contribution in [0.25, 0.3) is 0 Å². The Kier molecular flexibility index (Phi) is 2.48. The number of carbonyl (C=O) groups excluding carboxylic acids is 1. The fourth-order valence-corrected chi connectivity index (χ4v) is 1.66. The number of hydrogen-bond acceptors (Lipinski definition) is 1. The second kappa shape index (κ2) is 3.21. The molecule has 1 heteroatoms. The fraction of sp³-hybridized carbons (Fsp3) is 0.700. The van der Waals surface area contributed by atoms with Gasteiger partial charge in [0, 0.05) is 6.42 Å². The highest BCUT2D eigenvalue weighted by Crippen LogP contribution is 2.27. The quantitative estimate of drug-likeness (QED) is 0.564. The van der Waals surface area contributed by atoms with Gasteiger partial charge in [0.2, 0.25) is 0 Å². The smallest absolute Gasteiger partial charge is 0.155 e. The number of ketones is 1. The van der Waals surface area contributed by atoms with Crippen LogP contribution in [0, 0.1) is 11.8 Å². The lowest BCUT2D eigenvalue weighted by Crippen LogP contribution is -2.14. The van der Waals surface area contributed by atoms with E-state index in [0.717, 1.165) is 12.8 Å². The number of allylic oxidation sites excluding steroid dienone is 2. The molecule has 1 nitrogen and oxygen atoms in total. The van der Waals surface area contributed by atoms with Gasteiger partial charge in [-0.1, -0.05) is 26.3 Å². The highest BCUT2D eigenvalue weighted by molar-refractivity contribution is 5.91. The molecule has 62 valence electrons. The Labute approximate surface area is 68.5 Å². The summed E-state index contributed by atoms with van der Waals surface area (Å²) in [4.78, 5) is 11.0. The van der Waals surface area contributed by atoms with Crippen LogP contribution in [-0.4, -0.2) is 5.78 Å². The van der Waals surface area contributed by atoms with Crippen LogP contribution in [0.5, 0.6) is 0 Å². The van der Waals surface area contributed by atoms with E-state index in [-0.39, 0.29) is 0 Å². The highest BCUT2D eigenvalue weighted by atomic mass is 16.1. The third-order valence-electron chi connectivity index (χ3n) is 2.39. The molecule has 0 heterocycles. The van der Waals surface area contributed by atoms with Crippen LogP contribution < -0.4 is 0 Å². The minimum Gasteiger partial charge on any atom is -0.295 e. The van der Waals surface area contributed by atoms with Gasteiger partial charge < -0.3 is 0 Å². The summed E-state index contributed by atoms with van der Waals surface area (Å²) in [6.07, 6.45) is 3.64. The fourth-order valence-electron chi connectivity index (χ4n) is 1.66. The predicted molar refractivity (Wildman–Crippen MR) is 46.3 cm³/mol. The lowest BCUT2D eigenvalue weighted by atomic mass is 9.83. The zero-order valence-electron chi connectivity index (χ0n) is 7.55. The van der Waals surface area contributed by atoms with Crippen molar-refractivity contribution in [2.45, 2.75) is 33.6 Å². The summed E-state index contributed by atoms with van der Waals surface area (Å²) in [7, 11) is 0. The second-order valence-electron chi connectivity index (χ2n) is 3.71. The molecule has 0 unspecified atom stereocenters. The SMILES string of the molecule is CC(C)C1=CC(=O)CC[C@@H]1C. The van der Waals surface area contributed by atoms with Gasteiger partial charge in [0.25, 0.3) is 0 Å². The van der Waals surface area contributed by atoms with Gasteiger partial charge >= 0.3 is 0 Å². The second-order valence-corrected chi connectivity index (χ2v) is 3.71. The summed E-state index contributed by atoms with van der Waals surface area (Å²) < 4.78 is 0. The van der Waals surface area contributed by atoms with E-state index in [1.54, 1.807) is 0 Å². The van der Waals surface area contributed by atoms with Gasteiger partial charge in [0.1, 0.15) is 0 Å². The monoisotopic (exact) mass is 152 g/mol. The Morgan fingerprint density at radius 1 is 1.55 bits per heavy atom. The summed E-state index contributed by atoms with van der Waals surface area (Å²) in [6.45, 7) is 6.51. The molecule has 1 aliphatic rings. The molecule has 0 spiro atoms. The molecule has 0 aliphatic heterocycles. The summed E-state index contributed by atoms with van der Waals surface area (Å²) in [5.41, 5.74) is 1.33. The third kappa shape index (κ3) is 1.92. The average Bonchev–Trinajstić information content (AvgIpc) is 1.94. The lowest BCUT2D eigenvalue weighted by molar-refractivity contribution is -0.115. The van der Waals surface area contributed by atoms with Crippen LogP contribution in [0.1, 0.15) is 33.6 Å². The Morgan fingerprint density at radius 3 is 2.64 bits per heavy atom. The third-order valence-corrected chi connectivity index (χ3v) is 2.39. The molecule has 0 saturated carbocycles. The Balaban J connectivity index is 2.79. The van der Waals surface area contributed by atoms with E-state index < -0.39 is 0 Å². The van der Waals surface area contributed by atoms with Crippen molar-refractivity contribution in [3.8, 4) is 0 Å². The highest BCUT2D eigenvalue weighted by Gasteiger charge is 2.19. The summed E-state index contributed by atoms with van der Waals surface area (Å²) in [5, 5.41) is 0. The van der Waals surface area contributed by atoms with Crippen molar-refractivity contribution < 1.29 is 4.79 Å². The Bertz CT molecular complexity index is 189. The van der Waals surface area contributed by atoms with Gasteiger partial charge in [-0.15, -0.1) is 0 Å². The molecule has 0 N–H and O–H groups in total. The van der Waals surface area contributed by atoms with Crippen LogP contribution in [0.2, 0.25) is 0 Å². The van der Waals surface area contributed by atoms with Gasteiger partial charge in [0.15, 0.2) is 5.78 Å². The molecule has 1 rings (SSSR count). The van der Waals surface area contributed by atoms with E-state index in [1.165, 1.54) is 5.57 Å². The van der Waals surface area contributed by atoms with Gasteiger partial charge in [-0.2, -0.15) is 0 Å². The van der Waals surface area contributed by atoms with Crippen LogP contribution in [0.3, 0.4) is 0 Å². The van der Waals surface area contributed by atoms with Crippen LogP contribution in [-0.2, 0) is 4.79 Å². The topological polar surface area (TPSA) is 17.1 Å². The lowest BCUT2D eigenvalue weighted by Gasteiger charge is -2.22. The molecule has 0 aromatic rings. The van der Waals surface area contributed by atoms with Crippen molar-refractivity contribution in [1.82, 2.24) is 0 Å². The molecule has 0 aromatic carbocycles. The van der Waals surface area contributed by atoms with Crippen LogP contribution in [0.15, 0.2) is 11.6 Å². The van der Waals surface area contributed by atoms with E-state index in [9.17, 15) is 4.79 Å². The molecule has 0 radical (unpaired) electrons. The van der Waals surface area contributed by atoms with Gasteiger partial charge in [-0.25, -0.2) is 0 Å². The first-order chi connectivity index (χ1) is 5.11. The molecule has 0 aromatic heterocycles. The Morgan fingerprint density at radius 2 is 2.18 bits per heavy atom. The van der Waals surface area contributed by atoms with Crippen molar-refractivity contribution in [2.75, 3.05) is 0 Å². The molecule has 1 aliphatic carbocycles. The molecule has 0 amide bonds. The van der Waals surface area contributed by atoms with E-state index in [2.05, 4.69) is 20.8 Å². The van der Waals surface area contributed by atoms with E-state index in [4.69, 9.17) is 0 Å². The van der Waals surface area contributed by atoms with Crippen molar-refractivity contribution in [3.05, 3.63) is 11.6 Å². The number of carbonyl (C=O) groups is 1. The van der Waals surface area contributed by atoms with E-state index in [1.807, 2.05) is 6.08 Å². The zero-order valence-corrected chi connectivity index (χ0v) is 7.55. The van der Waals surface area contributed by atoms with Crippen molar-refractivity contribution in [2.24, 2.45) is 11.8 Å². The molecular weight excluding hydrogens is 136 g/mol. The van der Waals surface area contributed by atoms with Gasteiger partial charge in [0.05, 0.1) is 0 Å². The van der Waals surface area contributed by atoms with Crippen molar-refractivity contribution >= 4 is 5.78 Å². The molecule has 11 heavy (non-hydrogen) atoms. The number of hydrogen-bond donors (Lipinski definition) is 0. The normalized spacial score (nSPS) is 25.6. The minimum atomic E-state index is 0.312. The Hall–Kier alpha value is -0.590. The maximum absolute atomic E-state index is 11.0. The molecule has 1 atom stereocenters. The maximum atomic E-state index is 11.0. The largest absolute Gasteiger partial charge is 0.295 e. The minimum absolute atomic E-state index is 0.312. The summed E-state index contributed by atoms with van der Waals surface area (Å²) in [6, 6.07) is 0. The standard InChI is InChI=1S/C10H16O/c1-7(2)10-6-9(11)5-4-8(10)3/h6-8H,4-5H2,1-3H3/t8-/m0/s1. The van der Waals surface area contributed by atoms with Gasteiger partial charge in [-0.3, -0.25) is 4.79 Å². The van der Waals surface area contributed by atoms with Crippen LogP contribution in [0.4, 0.5) is 0 Å². The van der Waals surface area contributed by atoms with E-state index in [0.29, 0.717) is 17.6 Å². The first-order valence-electron chi connectivity index (χ1n) is 4.35. The summed E-state index contributed by atoms with van der Waals surface area (Å²) in [5.74, 6) is 1.47. The molecule has 0 fully saturated rings. The van der Waals surface area contributed by atoms with E-state index >= 15 is 0 Å². The molecule has 0 bridgehead atoms. The maximum Gasteiger partial charge on any atom is 0.155 e. The first-order valence-corrected chi connectivity index (χ1v) is 4.35. The van der Waals surface area contributed by atoms with Crippen molar-refractivity contribution in [3.63, 3.8) is 0 Å².